The number of hydrogen-bond donors (Lipinski definition) is 3. The van der Waals surface area contributed by atoms with Crippen molar-refractivity contribution in [1.82, 2.24) is 4.90 Å². The Hall–Kier alpha value is -3.68. The first-order chi connectivity index (χ1) is 15.6. The molecule has 0 spiro atoms. The maximum atomic E-state index is 12.5. The summed E-state index contributed by atoms with van der Waals surface area (Å²) in [7, 11) is 0. The molecular weight excluding hydrogens is 406 g/mol. The Bertz CT molecular complexity index is 1040. The fourth-order valence-electron chi connectivity index (χ4n) is 3.67. The van der Waals surface area contributed by atoms with E-state index in [-0.39, 0.29) is 25.2 Å². The maximum Gasteiger partial charge on any atom is 0.323 e. The van der Waals surface area contributed by atoms with E-state index in [9.17, 15) is 14.7 Å². The zero-order valence-electron chi connectivity index (χ0n) is 17.5. The van der Waals surface area contributed by atoms with Gasteiger partial charge in [-0.3, -0.25) is 4.79 Å². The Morgan fingerprint density at radius 3 is 2.19 bits per heavy atom. The van der Waals surface area contributed by atoms with Crippen molar-refractivity contribution in [2.24, 2.45) is 0 Å². The standard InChI is InChI=1S/C25H25N3O4/c29-23-17-32-16-22(28(23)15-18-7-3-1-4-8-18)24(30)19-11-13-21(14-12-19)27-25(31)26-20-9-5-2-6-10-20/h1-14,22,24,30H,15-17H2,(H2,26,27,31)/t22-,24-/m1/s1. The molecule has 0 aliphatic carbocycles. The van der Waals surface area contributed by atoms with Gasteiger partial charge in [0, 0.05) is 17.9 Å². The van der Waals surface area contributed by atoms with Crippen LogP contribution in [0, 0.1) is 0 Å². The van der Waals surface area contributed by atoms with Crippen molar-refractivity contribution in [3.05, 3.63) is 96.1 Å². The van der Waals surface area contributed by atoms with Crippen LogP contribution >= 0.6 is 0 Å². The Morgan fingerprint density at radius 1 is 0.938 bits per heavy atom. The minimum absolute atomic E-state index is 0.00936. The Labute approximate surface area is 186 Å². The van der Waals surface area contributed by atoms with Crippen LogP contribution in [0.1, 0.15) is 17.2 Å². The van der Waals surface area contributed by atoms with Gasteiger partial charge in [0.1, 0.15) is 12.7 Å². The van der Waals surface area contributed by atoms with Gasteiger partial charge in [-0.05, 0) is 35.4 Å². The van der Waals surface area contributed by atoms with Gasteiger partial charge in [0.2, 0.25) is 5.91 Å². The first-order valence-electron chi connectivity index (χ1n) is 10.4. The second-order valence-electron chi connectivity index (χ2n) is 7.60. The molecule has 0 saturated carbocycles. The summed E-state index contributed by atoms with van der Waals surface area (Å²) in [6.45, 7) is 0.665. The fourth-order valence-corrected chi connectivity index (χ4v) is 3.67. The molecule has 1 saturated heterocycles. The third-order valence-electron chi connectivity index (χ3n) is 5.34. The third kappa shape index (κ3) is 5.32. The smallest absolute Gasteiger partial charge is 0.323 e. The molecule has 32 heavy (non-hydrogen) atoms. The molecule has 7 heteroatoms. The number of nitrogens with zero attached hydrogens (tertiary/aromatic N) is 1. The highest BCUT2D eigenvalue weighted by Gasteiger charge is 2.34. The number of urea groups is 1. The number of amides is 3. The van der Waals surface area contributed by atoms with Gasteiger partial charge >= 0.3 is 6.03 Å². The number of hydrogen-bond acceptors (Lipinski definition) is 4. The average molecular weight is 431 g/mol. The average Bonchev–Trinajstić information content (AvgIpc) is 2.82. The van der Waals surface area contributed by atoms with E-state index in [1.165, 1.54) is 0 Å². The first-order valence-corrected chi connectivity index (χ1v) is 10.4. The summed E-state index contributed by atoms with van der Waals surface area (Å²) in [4.78, 5) is 26.3. The van der Waals surface area contributed by atoms with Gasteiger partial charge in [-0.2, -0.15) is 0 Å². The van der Waals surface area contributed by atoms with Gasteiger partial charge in [0.05, 0.1) is 12.6 Å². The minimum Gasteiger partial charge on any atom is -0.386 e. The van der Waals surface area contributed by atoms with Gasteiger partial charge in [-0.1, -0.05) is 60.7 Å². The highest BCUT2D eigenvalue weighted by molar-refractivity contribution is 5.99. The topological polar surface area (TPSA) is 90.9 Å². The van der Waals surface area contributed by atoms with E-state index in [0.29, 0.717) is 23.5 Å². The van der Waals surface area contributed by atoms with Crippen molar-refractivity contribution in [1.29, 1.82) is 0 Å². The monoisotopic (exact) mass is 431 g/mol. The van der Waals surface area contributed by atoms with Crippen molar-refractivity contribution >= 4 is 23.3 Å². The van der Waals surface area contributed by atoms with Crippen molar-refractivity contribution in [3.8, 4) is 0 Å². The molecule has 164 valence electrons. The predicted octanol–water partition coefficient (Wildman–Crippen LogP) is 3.79. The number of benzene rings is 3. The van der Waals surface area contributed by atoms with Crippen LogP contribution < -0.4 is 10.6 Å². The Morgan fingerprint density at radius 2 is 1.53 bits per heavy atom. The second-order valence-corrected chi connectivity index (χ2v) is 7.60. The molecule has 1 aliphatic heterocycles. The zero-order chi connectivity index (χ0) is 22.3. The summed E-state index contributed by atoms with van der Waals surface area (Å²) >= 11 is 0. The van der Waals surface area contributed by atoms with Gasteiger partial charge in [0.15, 0.2) is 0 Å². The van der Waals surface area contributed by atoms with Crippen LogP contribution in [-0.4, -0.2) is 41.2 Å². The first kappa shape index (κ1) is 21.5. The van der Waals surface area contributed by atoms with E-state index in [1.807, 2.05) is 48.5 Å². The van der Waals surface area contributed by atoms with Crippen LogP contribution in [0.2, 0.25) is 0 Å². The number of aliphatic hydroxyl groups excluding tert-OH is 1. The number of morpholine rings is 1. The van der Waals surface area contributed by atoms with Crippen LogP contribution in [0.4, 0.5) is 16.2 Å². The molecule has 3 aromatic rings. The number of carbonyl (C=O) groups is 2. The predicted molar refractivity (Wildman–Crippen MR) is 122 cm³/mol. The molecular formula is C25H25N3O4. The lowest BCUT2D eigenvalue weighted by Gasteiger charge is -2.38. The minimum atomic E-state index is -0.921. The molecule has 1 fully saturated rings. The molecule has 2 atom stereocenters. The van der Waals surface area contributed by atoms with Gasteiger partial charge in [-0.25, -0.2) is 4.79 Å². The second kappa shape index (κ2) is 10.1. The molecule has 0 unspecified atom stereocenters. The fraction of sp³-hybridized carbons (Fsp3) is 0.200. The Balaban J connectivity index is 1.42. The molecule has 1 heterocycles. The van der Waals surface area contributed by atoms with Crippen molar-refractivity contribution < 1.29 is 19.4 Å². The maximum absolute atomic E-state index is 12.5. The lowest BCUT2D eigenvalue weighted by molar-refractivity contribution is -0.155. The van der Waals surface area contributed by atoms with Crippen molar-refractivity contribution in [2.75, 3.05) is 23.8 Å². The number of ether oxygens (including phenoxy) is 1. The van der Waals surface area contributed by atoms with E-state index < -0.39 is 12.1 Å². The quantitative estimate of drug-likeness (QED) is 0.554. The molecule has 0 radical (unpaired) electrons. The van der Waals surface area contributed by atoms with Gasteiger partial charge < -0.3 is 25.4 Å². The number of anilines is 2. The molecule has 3 aromatic carbocycles. The zero-order valence-corrected chi connectivity index (χ0v) is 17.5. The lowest BCUT2D eigenvalue weighted by atomic mass is 9.99. The molecule has 3 amide bonds. The van der Waals surface area contributed by atoms with E-state index in [1.54, 1.807) is 41.3 Å². The molecule has 0 bridgehead atoms. The normalized spacial score (nSPS) is 17.0. The number of carbonyl (C=O) groups excluding carboxylic acids is 2. The number of nitrogens with one attached hydrogen (secondary N) is 2. The van der Waals surface area contributed by atoms with Crippen molar-refractivity contribution in [2.45, 2.75) is 18.7 Å². The van der Waals surface area contributed by atoms with Crippen molar-refractivity contribution in [3.63, 3.8) is 0 Å². The molecule has 4 rings (SSSR count). The van der Waals surface area contributed by atoms with Gasteiger partial charge in [0.25, 0.3) is 0 Å². The van der Waals surface area contributed by atoms with E-state index in [0.717, 1.165) is 5.56 Å². The SMILES string of the molecule is O=C(Nc1ccccc1)Nc1ccc([C@@H](O)[C@H]2COCC(=O)N2Cc2ccccc2)cc1. The summed E-state index contributed by atoms with van der Waals surface area (Å²) in [5.74, 6) is -0.153. The van der Waals surface area contributed by atoms with Gasteiger partial charge in [-0.15, -0.1) is 0 Å². The molecule has 1 aliphatic rings. The molecule has 7 nitrogen and oxygen atoms in total. The largest absolute Gasteiger partial charge is 0.386 e. The Kier molecular flexibility index (Phi) is 6.79. The van der Waals surface area contributed by atoms with E-state index >= 15 is 0 Å². The molecule has 0 aromatic heterocycles. The highest BCUT2D eigenvalue weighted by Crippen LogP contribution is 2.26. The van der Waals surface area contributed by atoms with Crippen LogP contribution in [0.25, 0.3) is 0 Å². The summed E-state index contributed by atoms with van der Waals surface area (Å²) in [6.07, 6.45) is -0.921. The summed E-state index contributed by atoms with van der Waals surface area (Å²) < 4.78 is 5.42. The van der Waals surface area contributed by atoms with E-state index in [4.69, 9.17) is 4.74 Å². The van der Waals surface area contributed by atoms with Crippen LogP contribution in [0.3, 0.4) is 0 Å². The van der Waals surface area contributed by atoms with E-state index in [2.05, 4.69) is 10.6 Å². The summed E-state index contributed by atoms with van der Waals surface area (Å²) in [5.41, 5.74) is 2.91. The number of aliphatic hydroxyl groups is 1. The van der Waals surface area contributed by atoms with Crippen LogP contribution in [0.15, 0.2) is 84.9 Å². The number of rotatable bonds is 6. The van der Waals surface area contributed by atoms with Crippen LogP contribution in [0.5, 0.6) is 0 Å². The lowest BCUT2D eigenvalue weighted by Crippen LogP contribution is -2.51. The summed E-state index contributed by atoms with van der Waals surface area (Å²) in [6, 6.07) is 24.9. The molecule has 3 N–H and O–H groups in total. The summed E-state index contributed by atoms with van der Waals surface area (Å²) in [5, 5.41) is 16.5. The third-order valence-corrected chi connectivity index (χ3v) is 5.34. The van der Waals surface area contributed by atoms with Crippen LogP contribution in [-0.2, 0) is 16.1 Å². The number of para-hydroxylation sites is 1. The highest BCUT2D eigenvalue weighted by atomic mass is 16.5.